The number of ether oxygens (including phenoxy) is 3. The number of rotatable bonds is 9. The molecule has 7 heteroatoms. The summed E-state index contributed by atoms with van der Waals surface area (Å²) >= 11 is 0. The highest BCUT2D eigenvalue weighted by Crippen LogP contribution is 2.29. The molecule has 0 aliphatic heterocycles. The van der Waals surface area contributed by atoms with Gasteiger partial charge in [0.05, 0.1) is 6.04 Å². The van der Waals surface area contributed by atoms with Crippen molar-refractivity contribution >= 4 is 12.1 Å². The maximum absolute atomic E-state index is 12.2. The van der Waals surface area contributed by atoms with E-state index in [9.17, 15) is 14.7 Å². The van der Waals surface area contributed by atoms with Gasteiger partial charge in [0.2, 0.25) is 0 Å². The van der Waals surface area contributed by atoms with Crippen LogP contribution in [-0.2, 0) is 19.0 Å². The number of carbonyl (C=O) groups excluding carboxylic acids is 1. The predicted octanol–water partition coefficient (Wildman–Crippen LogP) is 3.70. The summed E-state index contributed by atoms with van der Waals surface area (Å²) in [5.74, 6) is -0.745. The van der Waals surface area contributed by atoms with Crippen LogP contribution in [0.15, 0.2) is 0 Å². The minimum Gasteiger partial charge on any atom is -0.479 e. The molecule has 7 nitrogen and oxygen atoms in total. The van der Waals surface area contributed by atoms with E-state index in [0.717, 1.165) is 25.7 Å². The van der Waals surface area contributed by atoms with E-state index in [1.807, 2.05) is 6.92 Å². The minimum atomic E-state index is -1.19. The van der Waals surface area contributed by atoms with Gasteiger partial charge in [-0.05, 0) is 47.0 Å². The third-order valence-electron chi connectivity index (χ3n) is 4.36. The van der Waals surface area contributed by atoms with Gasteiger partial charge in [-0.15, -0.1) is 0 Å². The van der Waals surface area contributed by atoms with Crippen LogP contribution in [-0.4, -0.2) is 47.8 Å². The minimum absolute atomic E-state index is 0.372. The van der Waals surface area contributed by atoms with Gasteiger partial charge in [-0.2, -0.15) is 0 Å². The molecule has 1 saturated carbocycles. The van der Waals surface area contributed by atoms with Crippen LogP contribution in [0.3, 0.4) is 0 Å². The van der Waals surface area contributed by atoms with Crippen LogP contribution in [0.5, 0.6) is 0 Å². The fourth-order valence-corrected chi connectivity index (χ4v) is 3.30. The number of carboxylic acid groups (broad SMARTS) is 1. The fraction of sp³-hybridized carbons (Fsp3) is 0.895. The molecular formula is C19H35NO6. The third kappa shape index (κ3) is 8.85. The SMILES string of the molecule is CCOC(C)O[C@@H](C(=O)O)[C@H](CC1CCCCC1)NC(=O)OC(C)(C)C. The first-order valence-electron chi connectivity index (χ1n) is 9.61. The van der Waals surface area contributed by atoms with Crippen LogP contribution < -0.4 is 5.32 Å². The molecule has 0 bridgehead atoms. The van der Waals surface area contributed by atoms with Crippen molar-refractivity contribution in [1.82, 2.24) is 5.32 Å². The molecule has 1 aliphatic carbocycles. The lowest BCUT2D eigenvalue weighted by atomic mass is 9.83. The van der Waals surface area contributed by atoms with E-state index in [1.54, 1.807) is 27.7 Å². The lowest BCUT2D eigenvalue weighted by molar-refractivity contribution is -0.188. The molecule has 0 saturated heterocycles. The van der Waals surface area contributed by atoms with Crippen molar-refractivity contribution in [2.75, 3.05) is 6.61 Å². The average Bonchev–Trinajstić information content (AvgIpc) is 2.51. The Morgan fingerprint density at radius 2 is 1.81 bits per heavy atom. The zero-order chi connectivity index (χ0) is 19.7. The highest BCUT2D eigenvalue weighted by molar-refractivity contribution is 5.75. The van der Waals surface area contributed by atoms with Gasteiger partial charge >= 0.3 is 12.1 Å². The number of nitrogens with one attached hydrogen (secondary N) is 1. The summed E-state index contributed by atoms with van der Waals surface area (Å²) in [7, 11) is 0. The Morgan fingerprint density at radius 1 is 1.19 bits per heavy atom. The molecule has 26 heavy (non-hydrogen) atoms. The highest BCUT2D eigenvalue weighted by Gasteiger charge is 2.35. The Kier molecular flexibility index (Phi) is 9.36. The monoisotopic (exact) mass is 373 g/mol. The summed E-state index contributed by atoms with van der Waals surface area (Å²) < 4.78 is 16.2. The second kappa shape index (κ2) is 10.7. The molecular weight excluding hydrogens is 338 g/mol. The van der Waals surface area contributed by atoms with Crippen molar-refractivity contribution in [3.63, 3.8) is 0 Å². The number of carbonyl (C=O) groups is 2. The number of carboxylic acids is 1. The summed E-state index contributed by atoms with van der Waals surface area (Å²) in [4.78, 5) is 24.1. The van der Waals surface area contributed by atoms with E-state index in [0.29, 0.717) is 18.9 Å². The molecule has 0 aromatic carbocycles. The van der Waals surface area contributed by atoms with Crippen molar-refractivity contribution in [2.24, 2.45) is 5.92 Å². The van der Waals surface area contributed by atoms with E-state index in [-0.39, 0.29) is 0 Å². The summed E-state index contributed by atoms with van der Waals surface area (Å²) in [5.41, 5.74) is -0.655. The Hall–Kier alpha value is -1.34. The Bertz CT molecular complexity index is 442. The lowest BCUT2D eigenvalue weighted by Gasteiger charge is -2.32. The molecule has 1 amide bonds. The van der Waals surface area contributed by atoms with Gasteiger partial charge in [0.25, 0.3) is 0 Å². The summed E-state index contributed by atoms with van der Waals surface area (Å²) in [5, 5.41) is 12.4. The van der Waals surface area contributed by atoms with Crippen LogP contribution in [0, 0.1) is 5.92 Å². The van der Waals surface area contributed by atoms with E-state index >= 15 is 0 Å². The number of hydrogen-bond donors (Lipinski definition) is 2. The van der Waals surface area contributed by atoms with Crippen LogP contribution in [0.1, 0.15) is 73.1 Å². The summed E-state index contributed by atoms with van der Waals surface area (Å²) in [6, 6.07) is -0.673. The number of aliphatic carboxylic acids is 1. The van der Waals surface area contributed by atoms with Crippen molar-refractivity contribution in [3.05, 3.63) is 0 Å². The zero-order valence-electron chi connectivity index (χ0n) is 16.7. The van der Waals surface area contributed by atoms with Crippen molar-refractivity contribution in [1.29, 1.82) is 0 Å². The van der Waals surface area contributed by atoms with E-state index in [4.69, 9.17) is 14.2 Å². The maximum atomic E-state index is 12.2. The van der Waals surface area contributed by atoms with Gasteiger partial charge in [0, 0.05) is 6.61 Å². The van der Waals surface area contributed by atoms with Crippen LogP contribution in [0.25, 0.3) is 0 Å². The number of amides is 1. The van der Waals surface area contributed by atoms with Gasteiger partial charge in [-0.1, -0.05) is 32.1 Å². The van der Waals surface area contributed by atoms with Crippen molar-refractivity contribution in [3.8, 4) is 0 Å². The Labute approximate surface area is 156 Å². The number of hydrogen-bond acceptors (Lipinski definition) is 5. The first kappa shape index (κ1) is 22.7. The average molecular weight is 373 g/mol. The topological polar surface area (TPSA) is 94.1 Å². The van der Waals surface area contributed by atoms with Gasteiger partial charge < -0.3 is 24.6 Å². The van der Waals surface area contributed by atoms with Gasteiger partial charge in [0.15, 0.2) is 12.4 Å². The quantitative estimate of drug-likeness (QED) is 0.599. The second-order valence-corrected chi connectivity index (χ2v) is 7.91. The van der Waals surface area contributed by atoms with E-state index in [2.05, 4.69) is 5.32 Å². The molecule has 2 N–H and O–H groups in total. The molecule has 1 aliphatic rings. The van der Waals surface area contributed by atoms with E-state index in [1.165, 1.54) is 6.42 Å². The molecule has 1 rings (SSSR count). The van der Waals surface area contributed by atoms with Crippen LogP contribution >= 0.6 is 0 Å². The summed E-state index contributed by atoms with van der Waals surface area (Å²) in [6.45, 7) is 9.19. The Balaban J connectivity index is 2.86. The fourth-order valence-electron chi connectivity index (χ4n) is 3.30. The second-order valence-electron chi connectivity index (χ2n) is 7.91. The Morgan fingerprint density at radius 3 is 2.31 bits per heavy atom. The van der Waals surface area contributed by atoms with Gasteiger partial charge in [-0.3, -0.25) is 0 Å². The van der Waals surface area contributed by atoms with E-state index < -0.39 is 36.1 Å². The van der Waals surface area contributed by atoms with Gasteiger partial charge in [-0.25, -0.2) is 9.59 Å². The molecule has 1 unspecified atom stereocenters. The van der Waals surface area contributed by atoms with Crippen LogP contribution in [0.2, 0.25) is 0 Å². The molecule has 0 spiro atoms. The lowest BCUT2D eigenvalue weighted by Crippen LogP contribution is -2.51. The smallest absolute Gasteiger partial charge is 0.407 e. The molecule has 0 radical (unpaired) electrons. The molecule has 3 atom stereocenters. The zero-order valence-corrected chi connectivity index (χ0v) is 16.7. The standard InChI is InChI=1S/C19H35NO6/c1-6-24-13(2)25-16(17(21)22)15(12-14-10-8-7-9-11-14)20-18(23)26-19(3,4)5/h13-16H,6-12H2,1-5H3,(H,20,23)(H,21,22)/t13?,15-,16+/m0/s1. The summed E-state index contributed by atoms with van der Waals surface area (Å²) in [6.07, 6.45) is 3.63. The normalized spacial score (nSPS) is 19.4. The third-order valence-corrected chi connectivity index (χ3v) is 4.36. The van der Waals surface area contributed by atoms with Crippen molar-refractivity contribution in [2.45, 2.75) is 97.2 Å². The first-order chi connectivity index (χ1) is 12.1. The molecule has 1 fully saturated rings. The predicted molar refractivity (Wildman–Crippen MR) is 97.9 cm³/mol. The number of alkyl carbamates (subject to hydrolysis) is 1. The first-order valence-corrected chi connectivity index (χ1v) is 9.61. The van der Waals surface area contributed by atoms with Crippen LogP contribution in [0.4, 0.5) is 4.79 Å². The molecule has 0 aromatic rings. The maximum Gasteiger partial charge on any atom is 0.407 e. The molecule has 0 aromatic heterocycles. The molecule has 0 heterocycles. The van der Waals surface area contributed by atoms with Gasteiger partial charge in [0.1, 0.15) is 5.60 Å². The largest absolute Gasteiger partial charge is 0.479 e. The highest BCUT2D eigenvalue weighted by atomic mass is 16.7. The molecule has 152 valence electrons. The van der Waals surface area contributed by atoms with Crippen molar-refractivity contribution < 1.29 is 28.9 Å².